The van der Waals surface area contributed by atoms with E-state index in [1.807, 2.05) is 18.2 Å². The Kier molecular flexibility index (Phi) is 5.51. The van der Waals surface area contributed by atoms with Gasteiger partial charge >= 0.3 is 0 Å². The lowest BCUT2D eigenvalue weighted by molar-refractivity contribution is 0.785. The van der Waals surface area contributed by atoms with Crippen LogP contribution in [0.15, 0.2) is 50.9 Å². The van der Waals surface area contributed by atoms with Gasteiger partial charge in [0.25, 0.3) is 5.56 Å². The van der Waals surface area contributed by atoms with Gasteiger partial charge < -0.3 is 5.32 Å². The first-order valence-corrected chi connectivity index (χ1v) is 11.1. The fourth-order valence-electron chi connectivity index (χ4n) is 2.61. The van der Waals surface area contributed by atoms with Crippen LogP contribution in [-0.4, -0.2) is 26.3 Å². The molecule has 4 aromatic rings. The molecule has 3 aromatic heterocycles. The number of nitrogens with zero attached hydrogens (tertiary/aromatic N) is 4. The number of benzene rings is 1. The highest BCUT2D eigenvalue weighted by Gasteiger charge is 2.10. The first-order valence-electron chi connectivity index (χ1n) is 8.38. The lowest BCUT2D eigenvalue weighted by Crippen LogP contribution is -2.21. The Labute approximate surface area is 168 Å². The van der Waals surface area contributed by atoms with E-state index in [1.165, 1.54) is 16.2 Å². The largest absolute Gasteiger partial charge is 0.360 e. The maximum atomic E-state index is 12.5. The molecule has 0 aliphatic heterocycles. The third-order valence-corrected chi connectivity index (χ3v) is 6.98. The van der Waals surface area contributed by atoms with Gasteiger partial charge in [-0.2, -0.15) is 0 Å². The third kappa shape index (κ3) is 4.20. The van der Waals surface area contributed by atoms with Gasteiger partial charge in [-0.3, -0.25) is 9.36 Å². The first-order chi connectivity index (χ1) is 13.2. The molecule has 0 amide bonds. The van der Waals surface area contributed by atoms with Crippen LogP contribution in [0.25, 0.3) is 10.9 Å². The molecule has 0 radical (unpaired) electrons. The molecule has 138 valence electrons. The van der Waals surface area contributed by atoms with Crippen LogP contribution in [0.4, 0.5) is 5.13 Å². The van der Waals surface area contributed by atoms with Crippen molar-refractivity contribution in [2.24, 2.45) is 7.05 Å². The Morgan fingerprint density at radius 3 is 2.93 bits per heavy atom. The second kappa shape index (κ2) is 8.20. The molecule has 0 saturated carbocycles. The molecule has 9 heteroatoms. The quantitative estimate of drug-likeness (QED) is 0.463. The van der Waals surface area contributed by atoms with Crippen LogP contribution >= 0.6 is 34.4 Å². The van der Waals surface area contributed by atoms with E-state index < -0.39 is 0 Å². The average Bonchev–Trinajstić information content (AvgIpc) is 3.36. The maximum absolute atomic E-state index is 12.5. The summed E-state index contributed by atoms with van der Waals surface area (Å²) in [6, 6.07) is 11.6. The van der Waals surface area contributed by atoms with Crippen molar-refractivity contribution in [2.45, 2.75) is 16.5 Å². The minimum absolute atomic E-state index is 0.0237. The zero-order valence-corrected chi connectivity index (χ0v) is 17.0. The summed E-state index contributed by atoms with van der Waals surface area (Å²) < 4.78 is 2.47. The van der Waals surface area contributed by atoms with Gasteiger partial charge in [0.15, 0.2) is 4.34 Å². The number of nitrogens with one attached hydrogen (secondary N) is 1. The summed E-state index contributed by atoms with van der Waals surface area (Å²) in [5.41, 5.74) is 0.703. The van der Waals surface area contributed by atoms with Gasteiger partial charge in [0, 0.05) is 18.5 Å². The van der Waals surface area contributed by atoms with Crippen LogP contribution in [0.3, 0.4) is 0 Å². The number of rotatable bonds is 7. The molecule has 1 aromatic carbocycles. The maximum Gasteiger partial charge on any atom is 0.261 e. The molecule has 0 atom stereocenters. The minimum Gasteiger partial charge on any atom is -0.360 e. The normalized spacial score (nSPS) is 11.1. The van der Waals surface area contributed by atoms with Crippen LogP contribution in [-0.2, 0) is 19.2 Å². The number of para-hydroxylation sites is 1. The van der Waals surface area contributed by atoms with Crippen LogP contribution in [0, 0.1) is 0 Å². The fourth-order valence-corrected chi connectivity index (χ4v) is 5.08. The minimum atomic E-state index is -0.0237. The number of anilines is 1. The van der Waals surface area contributed by atoms with Crippen molar-refractivity contribution < 1.29 is 0 Å². The molecule has 1 N–H and O–H groups in total. The predicted molar refractivity (Wildman–Crippen MR) is 113 cm³/mol. The molecule has 6 nitrogen and oxygen atoms in total. The van der Waals surface area contributed by atoms with Crippen LogP contribution in [0.2, 0.25) is 0 Å². The van der Waals surface area contributed by atoms with Gasteiger partial charge in [0.1, 0.15) is 5.82 Å². The second-order valence-corrected chi connectivity index (χ2v) is 9.06. The van der Waals surface area contributed by atoms with Crippen LogP contribution < -0.4 is 10.9 Å². The zero-order valence-electron chi connectivity index (χ0n) is 14.6. The topological polar surface area (TPSA) is 72.7 Å². The lowest BCUT2D eigenvalue weighted by Gasteiger charge is -2.07. The Morgan fingerprint density at radius 2 is 2.07 bits per heavy atom. The summed E-state index contributed by atoms with van der Waals surface area (Å²) in [6.07, 6.45) is 0.975. The van der Waals surface area contributed by atoms with Crippen molar-refractivity contribution in [3.05, 3.63) is 62.8 Å². The summed E-state index contributed by atoms with van der Waals surface area (Å²) in [4.78, 5) is 18.4. The highest BCUT2D eigenvalue weighted by atomic mass is 32.2. The molecule has 0 aliphatic rings. The van der Waals surface area contributed by atoms with Gasteiger partial charge in [-0.25, -0.2) is 4.98 Å². The molecule has 0 bridgehead atoms. The van der Waals surface area contributed by atoms with E-state index in [4.69, 9.17) is 0 Å². The van der Waals surface area contributed by atoms with E-state index in [0.29, 0.717) is 11.1 Å². The highest BCUT2D eigenvalue weighted by Crippen LogP contribution is 2.28. The fraction of sp³-hybridized carbons (Fsp3) is 0.222. The third-order valence-electron chi connectivity index (χ3n) is 4.03. The van der Waals surface area contributed by atoms with E-state index in [-0.39, 0.29) is 5.56 Å². The molecule has 27 heavy (non-hydrogen) atoms. The lowest BCUT2D eigenvalue weighted by atomic mass is 10.2. The van der Waals surface area contributed by atoms with Crippen molar-refractivity contribution >= 4 is 50.5 Å². The standard InChI is InChI=1S/C18H17N5OS3/c1-23-15(20-14-7-3-2-6-13(14)16(23)24)11-26-18-22-21-17(27-18)19-9-8-12-5-4-10-25-12/h2-7,10H,8-9,11H2,1H3,(H,19,21). The molecular weight excluding hydrogens is 398 g/mol. The smallest absolute Gasteiger partial charge is 0.261 e. The SMILES string of the molecule is Cn1c(CSc2nnc(NCCc3cccs3)s2)nc2ccccc2c1=O. The summed E-state index contributed by atoms with van der Waals surface area (Å²) >= 11 is 4.82. The number of thioether (sulfide) groups is 1. The monoisotopic (exact) mass is 415 g/mol. The first kappa shape index (κ1) is 18.1. The van der Waals surface area contributed by atoms with Crippen LogP contribution in [0.5, 0.6) is 0 Å². The molecule has 0 spiro atoms. The van der Waals surface area contributed by atoms with Crippen molar-refractivity contribution in [2.75, 3.05) is 11.9 Å². The van der Waals surface area contributed by atoms with E-state index in [1.54, 1.807) is 40.8 Å². The van der Waals surface area contributed by atoms with E-state index in [0.717, 1.165) is 33.8 Å². The highest BCUT2D eigenvalue weighted by molar-refractivity contribution is 8.00. The Bertz CT molecular complexity index is 1100. The summed E-state index contributed by atoms with van der Waals surface area (Å²) in [7, 11) is 1.76. The van der Waals surface area contributed by atoms with E-state index in [2.05, 4.69) is 38.0 Å². The summed E-state index contributed by atoms with van der Waals surface area (Å²) in [6.45, 7) is 0.834. The van der Waals surface area contributed by atoms with E-state index in [9.17, 15) is 4.79 Å². The van der Waals surface area contributed by atoms with Gasteiger partial charge in [-0.1, -0.05) is 41.3 Å². The Morgan fingerprint density at radius 1 is 1.19 bits per heavy atom. The van der Waals surface area contributed by atoms with Gasteiger partial charge in [0.05, 0.1) is 16.7 Å². The molecular formula is C18H17N5OS3. The molecule has 4 rings (SSSR count). The molecule has 0 fully saturated rings. The Hall–Kier alpha value is -2.23. The van der Waals surface area contributed by atoms with E-state index >= 15 is 0 Å². The van der Waals surface area contributed by atoms with Gasteiger partial charge in [0.2, 0.25) is 5.13 Å². The van der Waals surface area contributed by atoms with Crippen molar-refractivity contribution in [3.63, 3.8) is 0 Å². The summed E-state index contributed by atoms with van der Waals surface area (Å²) in [5.74, 6) is 1.30. The molecule has 0 unspecified atom stereocenters. The molecule has 0 saturated heterocycles. The second-order valence-electron chi connectivity index (χ2n) is 5.83. The molecule has 3 heterocycles. The van der Waals surface area contributed by atoms with Crippen LogP contribution in [0.1, 0.15) is 10.7 Å². The van der Waals surface area contributed by atoms with Gasteiger partial charge in [-0.15, -0.1) is 21.5 Å². The number of hydrogen-bond acceptors (Lipinski definition) is 8. The molecule has 0 aliphatic carbocycles. The summed E-state index contributed by atoms with van der Waals surface area (Å²) in [5, 5.41) is 15.3. The van der Waals surface area contributed by atoms with Crippen molar-refractivity contribution in [1.29, 1.82) is 0 Å². The predicted octanol–water partition coefficient (Wildman–Crippen LogP) is 3.79. The number of aromatic nitrogens is 4. The van der Waals surface area contributed by atoms with Gasteiger partial charge in [-0.05, 0) is 30.0 Å². The number of fused-ring (bicyclic) bond motifs is 1. The number of hydrogen-bond donors (Lipinski definition) is 1. The van der Waals surface area contributed by atoms with Crippen molar-refractivity contribution in [3.8, 4) is 0 Å². The average molecular weight is 416 g/mol. The van der Waals surface area contributed by atoms with Crippen molar-refractivity contribution in [1.82, 2.24) is 19.7 Å². The zero-order chi connectivity index (χ0) is 18.6. The number of thiophene rings is 1. The Balaban J connectivity index is 1.39.